The first-order valence-corrected chi connectivity index (χ1v) is 7.66. The number of nitrogens with zero attached hydrogens (tertiary/aromatic N) is 1. The maximum absolute atomic E-state index is 12.8. The summed E-state index contributed by atoms with van der Waals surface area (Å²) in [6, 6.07) is 15.1. The highest BCUT2D eigenvalue weighted by Crippen LogP contribution is 2.22. The number of rotatable bonds is 4. The molecule has 0 aliphatic heterocycles. The number of carbonyl (C=O) groups is 2. The maximum Gasteiger partial charge on any atom is 0.314 e. The van der Waals surface area contributed by atoms with Crippen LogP contribution in [0.4, 0.5) is 15.8 Å². The highest BCUT2D eigenvalue weighted by atomic mass is 19.1. The van der Waals surface area contributed by atoms with E-state index in [9.17, 15) is 14.0 Å². The van der Waals surface area contributed by atoms with Gasteiger partial charge in [0, 0.05) is 23.8 Å². The van der Waals surface area contributed by atoms with Crippen molar-refractivity contribution in [3.05, 3.63) is 78.9 Å². The molecule has 6 nitrogen and oxygen atoms in total. The van der Waals surface area contributed by atoms with Crippen LogP contribution in [0, 0.1) is 5.82 Å². The molecule has 2 amide bonds. The summed E-state index contributed by atoms with van der Waals surface area (Å²) in [5.41, 5.74) is 0.763. The number of benzene rings is 2. The molecule has 2 aromatic carbocycles. The second kappa shape index (κ2) is 7.89. The predicted octanol–water partition coefficient (Wildman–Crippen LogP) is 3.59. The molecule has 3 rings (SSSR count). The van der Waals surface area contributed by atoms with Crippen LogP contribution in [0.25, 0.3) is 0 Å². The van der Waals surface area contributed by atoms with E-state index < -0.39 is 17.6 Å². The molecule has 7 heteroatoms. The van der Waals surface area contributed by atoms with Crippen LogP contribution in [-0.4, -0.2) is 16.8 Å². The molecule has 1 heterocycles. The first-order valence-electron chi connectivity index (χ1n) is 7.66. The van der Waals surface area contributed by atoms with E-state index in [0.717, 1.165) is 0 Å². The number of hydrogen-bond acceptors (Lipinski definition) is 4. The van der Waals surface area contributed by atoms with Gasteiger partial charge < -0.3 is 15.4 Å². The third kappa shape index (κ3) is 4.64. The molecule has 0 saturated heterocycles. The molecule has 0 spiro atoms. The van der Waals surface area contributed by atoms with Crippen LogP contribution >= 0.6 is 0 Å². The Balaban J connectivity index is 1.57. The third-order valence-corrected chi connectivity index (χ3v) is 3.31. The predicted molar refractivity (Wildman–Crippen MR) is 94.4 cm³/mol. The molecule has 0 bridgehead atoms. The maximum atomic E-state index is 12.8. The van der Waals surface area contributed by atoms with Gasteiger partial charge in [0.05, 0.1) is 0 Å². The summed E-state index contributed by atoms with van der Waals surface area (Å²) >= 11 is 0. The van der Waals surface area contributed by atoms with Crippen molar-refractivity contribution >= 4 is 23.2 Å². The number of anilines is 2. The molecular weight excluding hydrogens is 337 g/mol. The number of pyridine rings is 1. The van der Waals surface area contributed by atoms with Crippen LogP contribution in [0.2, 0.25) is 0 Å². The smallest absolute Gasteiger partial charge is 0.314 e. The Morgan fingerprint density at radius 1 is 0.731 bits per heavy atom. The van der Waals surface area contributed by atoms with Crippen molar-refractivity contribution in [3.8, 4) is 11.5 Å². The van der Waals surface area contributed by atoms with Crippen molar-refractivity contribution in [2.75, 3.05) is 10.6 Å². The lowest BCUT2D eigenvalue weighted by Gasteiger charge is -2.08. The minimum atomic E-state index is -0.853. The van der Waals surface area contributed by atoms with E-state index in [1.54, 1.807) is 48.8 Å². The average Bonchev–Trinajstić information content (AvgIpc) is 2.66. The van der Waals surface area contributed by atoms with Gasteiger partial charge in [0.2, 0.25) is 0 Å². The lowest BCUT2D eigenvalue weighted by Crippen LogP contribution is -2.29. The van der Waals surface area contributed by atoms with Gasteiger partial charge in [0.25, 0.3) is 0 Å². The Morgan fingerprint density at radius 3 is 1.73 bits per heavy atom. The Hall–Kier alpha value is -3.74. The minimum Gasteiger partial charge on any atom is -0.457 e. The Bertz CT molecular complexity index is 898. The van der Waals surface area contributed by atoms with Crippen molar-refractivity contribution < 1.29 is 18.7 Å². The van der Waals surface area contributed by atoms with Crippen molar-refractivity contribution in [2.24, 2.45) is 0 Å². The molecule has 0 radical (unpaired) electrons. The van der Waals surface area contributed by atoms with Gasteiger partial charge in [-0.15, -0.1) is 0 Å². The molecule has 0 aliphatic carbocycles. The van der Waals surface area contributed by atoms with Crippen LogP contribution in [0.15, 0.2) is 73.1 Å². The fourth-order valence-electron chi connectivity index (χ4n) is 2.06. The third-order valence-electron chi connectivity index (χ3n) is 3.31. The summed E-state index contributed by atoms with van der Waals surface area (Å²) in [6.45, 7) is 0. The second-order valence-corrected chi connectivity index (χ2v) is 5.22. The topological polar surface area (TPSA) is 80.3 Å². The summed E-state index contributed by atoms with van der Waals surface area (Å²) < 4.78 is 18.4. The highest BCUT2D eigenvalue weighted by Gasteiger charge is 2.14. The van der Waals surface area contributed by atoms with Gasteiger partial charge in [-0.3, -0.25) is 14.6 Å². The standard InChI is InChI=1S/C19H14FN3O3/c20-13-1-3-14(4-2-13)22-18(24)19(25)23-15-5-7-16(8-6-15)26-17-9-11-21-12-10-17/h1-12H,(H,22,24)(H,23,25). The van der Waals surface area contributed by atoms with E-state index in [4.69, 9.17) is 4.74 Å². The molecule has 26 heavy (non-hydrogen) atoms. The lowest BCUT2D eigenvalue weighted by atomic mass is 10.3. The zero-order valence-corrected chi connectivity index (χ0v) is 13.5. The summed E-state index contributed by atoms with van der Waals surface area (Å²) in [4.78, 5) is 27.7. The Kier molecular flexibility index (Phi) is 5.19. The van der Waals surface area contributed by atoms with Crippen molar-refractivity contribution in [1.29, 1.82) is 0 Å². The number of aromatic nitrogens is 1. The van der Waals surface area contributed by atoms with Crippen LogP contribution in [0.5, 0.6) is 11.5 Å². The van der Waals surface area contributed by atoms with Crippen LogP contribution < -0.4 is 15.4 Å². The van der Waals surface area contributed by atoms with E-state index in [0.29, 0.717) is 22.9 Å². The molecule has 1 aromatic heterocycles. The summed E-state index contributed by atoms with van der Waals surface area (Å²) in [5, 5.41) is 4.86. The van der Waals surface area contributed by atoms with Gasteiger partial charge in [-0.2, -0.15) is 0 Å². The molecule has 3 aromatic rings. The van der Waals surface area contributed by atoms with Crippen molar-refractivity contribution in [2.45, 2.75) is 0 Å². The van der Waals surface area contributed by atoms with E-state index in [-0.39, 0.29) is 0 Å². The monoisotopic (exact) mass is 351 g/mol. The molecule has 0 aliphatic rings. The normalized spacial score (nSPS) is 10.0. The van der Waals surface area contributed by atoms with E-state index in [2.05, 4.69) is 15.6 Å². The van der Waals surface area contributed by atoms with Gasteiger partial charge in [-0.1, -0.05) is 0 Å². The highest BCUT2D eigenvalue weighted by molar-refractivity contribution is 6.43. The first-order chi connectivity index (χ1) is 12.6. The average molecular weight is 351 g/mol. The minimum absolute atomic E-state index is 0.327. The zero-order valence-electron chi connectivity index (χ0n) is 13.5. The Morgan fingerprint density at radius 2 is 1.19 bits per heavy atom. The number of hydrogen-bond donors (Lipinski definition) is 2. The van der Waals surface area contributed by atoms with Crippen LogP contribution in [0.1, 0.15) is 0 Å². The molecule has 2 N–H and O–H groups in total. The van der Waals surface area contributed by atoms with Crippen LogP contribution in [0.3, 0.4) is 0 Å². The molecule has 0 unspecified atom stereocenters. The molecule has 0 fully saturated rings. The number of nitrogens with one attached hydrogen (secondary N) is 2. The number of amides is 2. The molecule has 0 saturated carbocycles. The van der Waals surface area contributed by atoms with Gasteiger partial charge in [-0.25, -0.2) is 4.39 Å². The molecule has 0 atom stereocenters. The van der Waals surface area contributed by atoms with E-state index in [1.165, 1.54) is 24.3 Å². The van der Waals surface area contributed by atoms with E-state index >= 15 is 0 Å². The second-order valence-electron chi connectivity index (χ2n) is 5.22. The van der Waals surface area contributed by atoms with E-state index in [1.807, 2.05) is 0 Å². The fraction of sp³-hybridized carbons (Fsp3) is 0. The van der Waals surface area contributed by atoms with Crippen molar-refractivity contribution in [3.63, 3.8) is 0 Å². The number of ether oxygens (including phenoxy) is 1. The lowest BCUT2D eigenvalue weighted by molar-refractivity contribution is -0.132. The first kappa shape index (κ1) is 17.1. The molecule has 130 valence electrons. The van der Waals surface area contributed by atoms with Gasteiger partial charge >= 0.3 is 11.8 Å². The van der Waals surface area contributed by atoms with Crippen LogP contribution in [-0.2, 0) is 9.59 Å². The largest absolute Gasteiger partial charge is 0.457 e. The van der Waals surface area contributed by atoms with Gasteiger partial charge in [0.15, 0.2) is 0 Å². The quantitative estimate of drug-likeness (QED) is 0.704. The summed E-state index contributed by atoms with van der Waals surface area (Å²) in [6.07, 6.45) is 3.23. The summed E-state index contributed by atoms with van der Waals surface area (Å²) in [7, 11) is 0. The van der Waals surface area contributed by atoms with Gasteiger partial charge in [-0.05, 0) is 60.7 Å². The summed E-state index contributed by atoms with van der Waals surface area (Å²) in [5.74, 6) is -0.909. The SMILES string of the molecule is O=C(Nc1ccc(F)cc1)C(=O)Nc1ccc(Oc2ccncc2)cc1. The van der Waals surface area contributed by atoms with Crippen molar-refractivity contribution in [1.82, 2.24) is 4.98 Å². The molecular formula is C19H14FN3O3. The van der Waals surface area contributed by atoms with Gasteiger partial charge in [0.1, 0.15) is 17.3 Å². The number of carbonyl (C=O) groups excluding carboxylic acids is 2. The fourth-order valence-corrected chi connectivity index (χ4v) is 2.06. The Labute approximate surface area is 148 Å². The zero-order chi connectivity index (χ0) is 18.4. The number of halogens is 1.